The maximum atomic E-state index is 13.1. The van der Waals surface area contributed by atoms with Crippen molar-refractivity contribution in [3.05, 3.63) is 21.3 Å². The maximum Gasteiger partial charge on any atom is 0.220 e. The molecule has 10 atom stereocenters. The minimum Gasteiger partial charge on any atom is -0.393 e. The SMILES string of the molecule is CC[C@@H](NC(=O)C[C@@H](C)C1CC[C@H]2[C@@H]3CC[C@@H]4C[C@H](O)CC[C@]4(C)[C@H]3CC[C@]12C)c1ccc(Cl)s1. The highest BCUT2D eigenvalue weighted by atomic mass is 35.5. The van der Waals surface area contributed by atoms with E-state index in [1.54, 1.807) is 11.3 Å². The molecule has 4 aliphatic rings. The van der Waals surface area contributed by atoms with Crippen LogP contribution in [0.2, 0.25) is 4.34 Å². The average molecular weight is 520 g/mol. The number of hydrogen-bond donors (Lipinski definition) is 2. The number of nitrogens with one attached hydrogen (secondary N) is 1. The van der Waals surface area contributed by atoms with Crippen molar-refractivity contribution in [2.75, 3.05) is 0 Å². The molecule has 1 aromatic heterocycles. The van der Waals surface area contributed by atoms with Crippen LogP contribution in [0.5, 0.6) is 0 Å². The highest BCUT2D eigenvalue weighted by molar-refractivity contribution is 7.16. The monoisotopic (exact) mass is 519 g/mol. The normalized spacial score (nSPS) is 42.5. The van der Waals surface area contributed by atoms with Gasteiger partial charge in [-0.2, -0.15) is 0 Å². The molecule has 1 amide bonds. The molecule has 5 heteroatoms. The molecule has 196 valence electrons. The summed E-state index contributed by atoms with van der Waals surface area (Å²) in [5.74, 6) is 4.50. The second-order valence-electron chi connectivity index (χ2n) is 13.2. The molecule has 4 fully saturated rings. The van der Waals surface area contributed by atoms with E-state index >= 15 is 0 Å². The molecule has 4 saturated carbocycles. The molecule has 0 radical (unpaired) electrons. The van der Waals surface area contributed by atoms with Gasteiger partial charge in [0.1, 0.15) is 0 Å². The Kier molecular flexibility index (Phi) is 7.40. The van der Waals surface area contributed by atoms with Crippen molar-refractivity contribution in [2.45, 2.75) is 110 Å². The Labute approximate surface area is 221 Å². The van der Waals surface area contributed by atoms with Crippen molar-refractivity contribution in [3.8, 4) is 0 Å². The molecular weight excluding hydrogens is 474 g/mol. The third-order valence-electron chi connectivity index (χ3n) is 11.6. The second kappa shape index (κ2) is 9.95. The van der Waals surface area contributed by atoms with E-state index in [0.29, 0.717) is 29.1 Å². The van der Waals surface area contributed by atoms with Crippen LogP contribution in [0.15, 0.2) is 12.1 Å². The predicted molar refractivity (Wildman–Crippen MR) is 146 cm³/mol. The fraction of sp³-hybridized carbons (Fsp3) is 0.833. The van der Waals surface area contributed by atoms with Gasteiger partial charge in [0.2, 0.25) is 5.91 Å². The number of aliphatic hydroxyl groups excluding tert-OH is 1. The summed E-state index contributed by atoms with van der Waals surface area (Å²) < 4.78 is 0.786. The molecule has 0 saturated heterocycles. The highest BCUT2D eigenvalue weighted by Gasteiger charge is 2.60. The summed E-state index contributed by atoms with van der Waals surface area (Å²) in [5, 5.41) is 13.6. The Hall–Kier alpha value is -0.580. The minimum absolute atomic E-state index is 0.0644. The van der Waals surface area contributed by atoms with Gasteiger partial charge in [0.05, 0.1) is 16.5 Å². The Bertz CT molecular complexity index is 918. The fourth-order valence-corrected chi connectivity index (χ4v) is 11.0. The van der Waals surface area contributed by atoms with E-state index in [1.807, 2.05) is 12.1 Å². The quantitative estimate of drug-likeness (QED) is 0.399. The van der Waals surface area contributed by atoms with Crippen LogP contribution in [0.25, 0.3) is 0 Å². The summed E-state index contributed by atoms with van der Waals surface area (Å²) in [5.41, 5.74) is 0.816. The molecule has 35 heavy (non-hydrogen) atoms. The summed E-state index contributed by atoms with van der Waals surface area (Å²) in [4.78, 5) is 14.3. The van der Waals surface area contributed by atoms with Crippen molar-refractivity contribution < 1.29 is 9.90 Å². The number of aliphatic hydroxyl groups is 1. The molecule has 0 spiro atoms. The summed E-state index contributed by atoms with van der Waals surface area (Å²) in [6, 6.07) is 4.05. The summed E-state index contributed by atoms with van der Waals surface area (Å²) in [6.45, 7) is 9.63. The van der Waals surface area contributed by atoms with E-state index in [2.05, 4.69) is 33.0 Å². The molecule has 1 aromatic rings. The van der Waals surface area contributed by atoms with Crippen LogP contribution in [0, 0.1) is 46.3 Å². The van der Waals surface area contributed by atoms with Crippen molar-refractivity contribution in [1.29, 1.82) is 0 Å². The Morgan fingerprint density at radius 3 is 2.57 bits per heavy atom. The molecule has 0 bridgehead atoms. The third kappa shape index (κ3) is 4.63. The first-order chi connectivity index (χ1) is 16.7. The number of carbonyl (C=O) groups is 1. The first-order valence-electron chi connectivity index (χ1n) is 14.4. The maximum absolute atomic E-state index is 13.1. The summed E-state index contributed by atoms with van der Waals surface area (Å²) >= 11 is 7.72. The number of halogens is 1. The first-order valence-corrected chi connectivity index (χ1v) is 15.6. The highest BCUT2D eigenvalue weighted by Crippen LogP contribution is 2.68. The van der Waals surface area contributed by atoms with Crippen LogP contribution in [0.1, 0.15) is 109 Å². The van der Waals surface area contributed by atoms with Crippen LogP contribution < -0.4 is 5.32 Å². The zero-order valence-corrected chi connectivity index (χ0v) is 23.8. The Balaban J connectivity index is 1.24. The van der Waals surface area contributed by atoms with Gasteiger partial charge in [-0.25, -0.2) is 0 Å². The van der Waals surface area contributed by atoms with E-state index in [1.165, 1.54) is 44.9 Å². The zero-order valence-electron chi connectivity index (χ0n) is 22.2. The molecule has 0 aromatic carbocycles. The van der Waals surface area contributed by atoms with Gasteiger partial charge in [0, 0.05) is 11.3 Å². The summed E-state index contributed by atoms with van der Waals surface area (Å²) in [7, 11) is 0. The van der Waals surface area contributed by atoms with E-state index in [-0.39, 0.29) is 18.1 Å². The van der Waals surface area contributed by atoms with Crippen molar-refractivity contribution in [3.63, 3.8) is 0 Å². The standard InChI is InChI=1S/C30H46ClNO2S/c1-5-25(26-10-11-27(31)35-26)32-28(34)16-18(2)22-8-9-23-21-7-6-19-17-20(33)12-14-29(19,3)24(21)13-15-30(22,23)4/h10-11,18-25,33H,5-9,12-17H2,1-4H3,(H,32,34)/t18-,19-,20-,21+,22?,23+,24+,25-,29+,30-/m1/s1. The lowest BCUT2D eigenvalue weighted by Crippen LogP contribution is -2.54. The van der Waals surface area contributed by atoms with Crippen LogP contribution in [0.3, 0.4) is 0 Å². The first kappa shape index (κ1) is 26.0. The fourth-order valence-electron chi connectivity index (χ4n) is 9.79. The molecule has 5 rings (SSSR count). The lowest BCUT2D eigenvalue weighted by atomic mass is 9.44. The van der Waals surface area contributed by atoms with Gasteiger partial charge in [-0.15, -0.1) is 11.3 Å². The van der Waals surface area contributed by atoms with Crippen LogP contribution in [-0.2, 0) is 4.79 Å². The number of fused-ring (bicyclic) bond motifs is 5. The van der Waals surface area contributed by atoms with Gasteiger partial charge in [-0.3, -0.25) is 4.79 Å². The Morgan fingerprint density at radius 2 is 1.86 bits per heavy atom. The Morgan fingerprint density at radius 1 is 1.11 bits per heavy atom. The van der Waals surface area contributed by atoms with Gasteiger partial charge < -0.3 is 10.4 Å². The van der Waals surface area contributed by atoms with E-state index < -0.39 is 0 Å². The van der Waals surface area contributed by atoms with Crippen molar-refractivity contribution in [2.24, 2.45) is 46.3 Å². The van der Waals surface area contributed by atoms with Crippen molar-refractivity contribution >= 4 is 28.8 Å². The molecular formula is C30H46ClNO2S. The third-order valence-corrected chi connectivity index (χ3v) is 12.9. The molecule has 1 unspecified atom stereocenters. The number of amides is 1. The van der Waals surface area contributed by atoms with E-state index in [0.717, 1.165) is 52.1 Å². The van der Waals surface area contributed by atoms with Gasteiger partial charge in [-0.1, -0.05) is 39.3 Å². The van der Waals surface area contributed by atoms with E-state index in [4.69, 9.17) is 11.6 Å². The van der Waals surface area contributed by atoms with Gasteiger partial charge >= 0.3 is 0 Å². The lowest BCUT2D eigenvalue weighted by Gasteiger charge is -2.61. The smallest absolute Gasteiger partial charge is 0.220 e. The molecule has 4 aliphatic carbocycles. The van der Waals surface area contributed by atoms with Crippen LogP contribution in [0.4, 0.5) is 0 Å². The number of thiophene rings is 1. The minimum atomic E-state index is -0.0644. The zero-order chi connectivity index (χ0) is 25.0. The predicted octanol–water partition coefficient (Wildman–Crippen LogP) is 8.01. The van der Waals surface area contributed by atoms with E-state index in [9.17, 15) is 9.90 Å². The molecule has 3 nitrogen and oxygen atoms in total. The molecule has 2 N–H and O–H groups in total. The number of rotatable bonds is 6. The number of hydrogen-bond acceptors (Lipinski definition) is 3. The number of carbonyl (C=O) groups excluding carboxylic acids is 1. The second-order valence-corrected chi connectivity index (χ2v) is 14.9. The largest absolute Gasteiger partial charge is 0.393 e. The van der Waals surface area contributed by atoms with Gasteiger partial charge in [0.25, 0.3) is 0 Å². The van der Waals surface area contributed by atoms with Gasteiger partial charge in [-0.05, 0) is 123 Å². The summed E-state index contributed by atoms with van der Waals surface area (Å²) in [6.07, 6.45) is 12.7. The molecule has 1 heterocycles. The topological polar surface area (TPSA) is 49.3 Å². The van der Waals surface area contributed by atoms with Crippen LogP contribution >= 0.6 is 22.9 Å². The van der Waals surface area contributed by atoms with Gasteiger partial charge in [0.15, 0.2) is 0 Å². The van der Waals surface area contributed by atoms with Crippen molar-refractivity contribution in [1.82, 2.24) is 5.32 Å². The molecule has 0 aliphatic heterocycles. The van der Waals surface area contributed by atoms with Crippen LogP contribution in [-0.4, -0.2) is 17.1 Å². The lowest BCUT2D eigenvalue weighted by molar-refractivity contribution is -0.131. The average Bonchev–Trinajstić information content (AvgIpc) is 3.40.